The number of carbonyl (C=O) groups excluding carboxylic acids is 1. The van der Waals surface area contributed by atoms with Crippen molar-refractivity contribution >= 4 is 11.7 Å². The van der Waals surface area contributed by atoms with Gasteiger partial charge in [0.15, 0.2) is 0 Å². The molecule has 0 fully saturated rings. The third-order valence-electron chi connectivity index (χ3n) is 4.08. The van der Waals surface area contributed by atoms with E-state index in [2.05, 4.69) is 50.4 Å². The summed E-state index contributed by atoms with van der Waals surface area (Å²) in [6.45, 7) is 6.64. The zero-order valence-corrected chi connectivity index (χ0v) is 15.5. The summed E-state index contributed by atoms with van der Waals surface area (Å²) in [7, 11) is 1.39. The second kappa shape index (κ2) is 9.07. The normalized spacial score (nSPS) is 11.1. The minimum Gasteiger partial charge on any atom is -0.465 e. The highest BCUT2D eigenvalue weighted by Gasteiger charge is 2.09. The van der Waals surface area contributed by atoms with Gasteiger partial charge in [0, 0.05) is 0 Å². The average Bonchev–Trinajstić information content (AvgIpc) is 2.59. The van der Waals surface area contributed by atoms with Crippen molar-refractivity contribution in [2.45, 2.75) is 33.6 Å². The molecule has 2 aromatic rings. The van der Waals surface area contributed by atoms with Gasteiger partial charge < -0.3 is 10.1 Å². The number of hydrogen-bond donors (Lipinski definition) is 1. The summed E-state index contributed by atoms with van der Waals surface area (Å²) in [5.41, 5.74) is 5.30. The Balaban J connectivity index is 1.99. The second-order valence-corrected chi connectivity index (χ2v) is 6.65. The lowest BCUT2D eigenvalue weighted by Crippen LogP contribution is -2.04. The van der Waals surface area contributed by atoms with E-state index in [1.165, 1.54) is 23.8 Å². The maximum Gasteiger partial charge on any atom is 0.339 e. The molecule has 0 saturated carbocycles. The summed E-state index contributed by atoms with van der Waals surface area (Å²) in [5.74, 6) is 0.331. The van der Waals surface area contributed by atoms with E-state index in [9.17, 15) is 4.79 Å². The molecule has 0 aliphatic heterocycles. The number of anilines is 1. The van der Waals surface area contributed by atoms with Crippen molar-refractivity contribution in [3.63, 3.8) is 0 Å². The van der Waals surface area contributed by atoms with Crippen molar-refractivity contribution in [3.05, 3.63) is 77.0 Å². The molecule has 3 nitrogen and oxygen atoms in total. The molecule has 0 unspecified atom stereocenters. The lowest BCUT2D eigenvalue weighted by atomic mass is 9.97. The minimum absolute atomic E-state index is 0.340. The smallest absolute Gasteiger partial charge is 0.339 e. The van der Waals surface area contributed by atoms with Crippen molar-refractivity contribution in [2.75, 3.05) is 12.4 Å². The zero-order valence-electron chi connectivity index (χ0n) is 15.5. The fraction of sp³-hybridized carbons (Fsp3) is 0.318. The topological polar surface area (TPSA) is 38.3 Å². The first-order valence-corrected chi connectivity index (χ1v) is 8.68. The van der Waals surface area contributed by atoms with Gasteiger partial charge in [-0.15, -0.1) is 0 Å². The van der Waals surface area contributed by atoms with Gasteiger partial charge in [-0.3, -0.25) is 0 Å². The van der Waals surface area contributed by atoms with Crippen LogP contribution in [-0.2, 0) is 17.6 Å². The number of rotatable bonds is 7. The van der Waals surface area contributed by atoms with E-state index in [0.29, 0.717) is 11.5 Å². The molecule has 132 valence electrons. The van der Waals surface area contributed by atoms with Gasteiger partial charge in [-0.1, -0.05) is 50.3 Å². The van der Waals surface area contributed by atoms with E-state index < -0.39 is 0 Å². The number of methoxy groups -OCH3 is 1. The Morgan fingerprint density at radius 1 is 1.20 bits per heavy atom. The van der Waals surface area contributed by atoms with Gasteiger partial charge in [0.1, 0.15) is 0 Å². The van der Waals surface area contributed by atoms with Crippen LogP contribution in [0.5, 0.6) is 0 Å². The fourth-order valence-electron chi connectivity index (χ4n) is 2.82. The van der Waals surface area contributed by atoms with Crippen LogP contribution in [0.4, 0.5) is 5.69 Å². The van der Waals surface area contributed by atoms with Crippen LogP contribution in [0.3, 0.4) is 0 Å². The number of hydrogen-bond acceptors (Lipinski definition) is 3. The Bertz CT molecular complexity index is 747. The van der Waals surface area contributed by atoms with Gasteiger partial charge in [0.25, 0.3) is 0 Å². The monoisotopic (exact) mass is 337 g/mol. The third kappa shape index (κ3) is 5.49. The Hall–Kier alpha value is -2.55. The van der Waals surface area contributed by atoms with Crippen molar-refractivity contribution < 1.29 is 9.53 Å². The molecule has 0 aromatic heterocycles. The molecule has 0 saturated heterocycles. The Morgan fingerprint density at radius 2 is 1.96 bits per heavy atom. The van der Waals surface area contributed by atoms with Crippen LogP contribution >= 0.6 is 0 Å². The highest BCUT2D eigenvalue weighted by molar-refractivity contribution is 5.95. The number of benzene rings is 2. The first-order chi connectivity index (χ1) is 12.0. The number of nitrogens with one attached hydrogen (secondary N) is 1. The quantitative estimate of drug-likeness (QED) is 0.710. The van der Waals surface area contributed by atoms with Crippen LogP contribution in [0.1, 0.15) is 40.9 Å². The molecular formula is C22H27NO2. The molecular weight excluding hydrogens is 310 g/mol. The summed E-state index contributed by atoms with van der Waals surface area (Å²) in [5, 5.41) is 3.17. The fourth-order valence-corrected chi connectivity index (χ4v) is 2.82. The summed E-state index contributed by atoms with van der Waals surface area (Å²) in [6, 6.07) is 14.0. The molecule has 0 aliphatic rings. The van der Waals surface area contributed by atoms with Gasteiger partial charge >= 0.3 is 5.97 Å². The van der Waals surface area contributed by atoms with Crippen LogP contribution in [0.25, 0.3) is 0 Å². The molecule has 0 bridgehead atoms. The first kappa shape index (κ1) is 18.8. The maximum absolute atomic E-state index is 11.8. The molecule has 0 spiro atoms. The molecule has 0 aliphatic carbocycles. The third-order valence-corrected chi connectivity index (χ3v) is 4.08. The maximum atomic E-state index is 11.8. The molecule has 0 amide bonds. The molecule has 2 rings (SSSR count). The summed E-state index contributed by atoms with van der Waals surface area (Å²) in [6.07, 6.45) is 5.91. The number of carbonyl (C=O) groups is 1. The van der Waals surface area contributed by atoms with Gasteiger partial charge in [0.2, 0.25) is 0 Å². The molecule has 0 heterocycles. The van der Waals surface area contributed by atoms with E-state index in [1.54, 1.807) is 6.07 Å². The number of allylic oxidation sites excluding steroid dienone is 1. The minimum atomic E-state index is -0.340. The molecule has 0 atom stereocenters. The zero-order chi connectivity index (χ0) is 18.2. The van der Waals surface area contributed by atoms with Gasteiger partial charge in [-0.2, -0.15) is 0 Å². The molecule has 1 N–H and O–H groups in total. The number of para-hydroxylation sites is 1. The van der Waals surface area contributed by atoms with Crippen LogP contribution in [-0.4, -0.2) is 13.1 Å². The van der Waals surface area contributed by atoms with Crippen LogP contribution in [0.2, 0.25) is 0 Å². The second-order valence-electron chi connectivity index (χ2n) is 6.65. The summed E-state index contributed by atoms with van der Waals surface area (Å²) in [4.78, 5) is 11.8. The van der Waals surface area contributed by atoms with E-state index in [4.69, 9.17) is 4.74 Å². The predicted molar refractivity (Wildman–Crippen MR) is 104 cm³/mol. The number of ether oxygens (including phenoxy) is 1. The molecule has 3 heteroatoms. The van der Waals surface area contributed by atoms with E-state index in [1.807, 2.05) is 24.4 Å². The van der Waals surface area contributed by atoms with E-state index >= 15 is 0 Å². The van der Waals surface area contributed by atoms with Crippen molar-refractivity contribution in [3.8, 4) is 0 Å². The summed E-state index contributed by atoms with van der Waals surface area (Å²) >= 11 is 0. The molecule has 0 radical (unpaired) electrons. The van der Waals surface area contributed by atoms with Crippen LogP contribution in [0.15, 0.2) is 54.7 Å². The summed E-state index contributed by atoms with van der Waals surface area (Å²) < 4.78 is 4.80. The van der Waals surface area contributed by atoms with Crippen LogP contribution < -0.4 is 5.32 Å². The van der Waals surface area contributed by atoms with Crippen molar-refractivity contribution in [2.24, 2.45) is 5.92 Å². The van der Waals surface area contributed by atoms with Crippen molar-refractivity contribution in [1.82, 2.24) is 0 Å². The molecule has 25 heavy (non-hydrogen) atoms. The first-order valence-electron chi connectivity index (χ1n) is 8.68. The van der Waals surface area contributed by atoms with Gasteiger partial charge in [-0.05, 0) is 60.7 Å². The van der Waals surface area contributed by atoms with E-state index in [-0.39, 0.29) is 5.97 Å². The Labute approximate surface area is 150 Å². The lowest BCUT2D eigenvalue weighted by Gasteiger charge is -2.09. The molecule has 2 aromatic carbocycles. The Kier molecular flexibility index (Phi) is 6.81. The highest BCUT2D eigenvalue weighted by Crippen LogP contribution is 2.17. The van der Waals surface area contributed by atoms with Gasteiger partial charge in [0.05, 0.1) is 18.4 Å². The average molecular weight is 337 g/mol. The lowest BCUT2D eigenvalue weighted by molar-refractivity contribution is 0.0602. The predicted octanol–water partition coefficient (Wildman–Crippen LogP) is 5.15. The standard InChI is InChI=1S/C22H27NO2/c1-16(2)14-18-11-12-19(17(3)15-18)8-7-13-23-21-10-6-5-9-20(21)22(24)25-4/h5-7,9-13,15-16,23H,8,14H2,1-4H3. The highest BCUT2D eigenvalue weighted by atomic mass is 16.5. The van der Waals surface area contributed by atoms with Crippen molar-refractivity contribution in [1.29, 1.82) is 0 Å². The largest absolute Gasteiger partial charge is 0.465 e. The number of esters is 1. The number of aryl methyl sites for hydroxylation is 1. The van der Waals surface area contributed by atoms with E-state index in [0.717, 1.165) is 18.5 Å². The Morgan fingerprint density at radius 3 is 2.64 bits per heavy atom. The SMILES string of the molecule is COC(=O)c1ccccc1NC=CCc1ccc(CC(C)C)cc1C. The van der Waals surface area contributed by atoms with Crippen LogP contribution in [0, 0.1) is 12.8 Å². The van der Waals surface area contributed by atoms with Gasteiger partial charge in [-0.25, -0.2) is 4.79 Å².